The van der Waals surface area contributed by atoms with Crippen LogP contribution in [0.15, 0.2) is 91.1 Å². The highest BCUT2D eigenvalue weighted by molar-refractivity contribution is 6.02. The molecule has 29 heavy (non-hydrogen) atoms. The molecule has 0 fully saturated rings. The molecule has 0 radical (unpaired) electrons. The van der Waals surface area contributed by atoms with Gasteiger partial charge in [-0.05, 0) is 66.7 Å². The number of anilines is 3. The molecule has 0 saturated carbocycles. The third kappa shape index (κ3) is 4.44. The van der Waals surface area contributed by atoms with Gasteiger partial charge >= 0.3 is 0 Å². The average Bonchev–Trinajstić information content (AvgIpc) is 3.26. The minimum Gasteiger partial charge on any atom is -0.497 e. The van der Waals surface area contributed by atoms with Crippen LogP contribution < -0.4 is 15.4 Å². The fourth-order valence-electron chi connectivity index (χ4n) is 2.84. The molecule has 0 spiro atoms. The van der Waals surface area contributed by atoms with Crippen molar-refractivity contribution < 1.29 is 9.53 Å². The lowest BCUT2D eigenvalue weighted by Crippen LogP contribution is -2.13. The van der Waals surface area contributed by atoms with Crippen molar-refractivity contribution in [1.29, 1.82) is 0 Å². The van der Waals surface area contributed by atoms with E-state index in [1.807, 2.05) is 78.9 Å². The molecule has 4 aromatic rings. The minimum atomic E-state index is -0.263. The zero-order valence-corrected chi connectivity index (χ0v) is 15.9. The van der Waals surface area contributed by atoms with E-state index in [0.717, 1.165) is 22.8 Å². The van der Waals surface area contributed by atoms with Crippen molar-refractivity contribution in [3.05, 3.63) is 96.8 Å². The predicted molar refractivity (Wildman–Crippen MR) is 114 cm³/mol. The Labute approximate surface area is 168 Å². The number of nitrogens with one attached hydrogen (secondary N) is 2. The summed E-state index contributed by atoms with van der Waals surface area (Å²) in [5.74, 6) is 0.505. The highest BCUT2D eigenvalue weighted by Crippen LogP contribution is 2.19. The number of methoxy groups -OCH3 is 1. The molecule has 0 aliphatic carbocycles. The van der Waals surface area contributed by atoms with Crippen molar-refractivity contribution in [2.75, 3.05) is 17.7 Å². The van der Waals surface area contributed by atoms with E-state index in [1.165, 1.54) is 0 Å². The van der Waals surface area contributed by atoms with E-state index >= 15 is 0 Å². The van der Waals surface area contributed by atoms with E-state index in [-0.39, 0.29) is 5.91 Å². The zero-order chi connectivity index (χ0) is 20.1. The lowest BCUT2D eigenvalue weighted by Gasteiger charge is -2.08. The Kier molecular flexibility index (Phi) is 5.25. The highest BCUT2D eigenvalue weighted by Gasteiger charge is 2.11. The summed E-state index contributed by atoms with van der Waals surface area (Å²) in [6.07, 6.45) is 1.75. The van der Waals surface area contributed by atoms with E-state index in [2.05, 4.69) is 15.7 Å². The molecular formula is C23H20N4O2. The van der Waals surface area contributed by atoms with Gasteiger partial charge in [0.05, 0.1) is 12.8 Å². The van der Waals surface area contributed by atoms with Gasteiger partial charge in [-0.3, -0.25) is 4.79 Å². The van der Waals surface area contributed by atoms with Gasteiger partial charge in [0.15, 0.2) is 5.69 Å². The molecule has 144 valence electrons. The molecule has 1 amide bonds. The first-order valence-corrected chi connectivity index (χ1v) is 9.15. The topological polar surface area (TPSA) is 68.2 Å². The molecule has 6 nitrogen and oxygen atoms in total. The van der Waals surface area contributed by atoms with E-state index in [0.29, 0.717) is 11.4 Å². The van der Waals surface area contributed by atoms with Gasteiger partial charge in [-0.25, -0.2) is 4.68 Å². The summed E-state index contributed by atoms with van der Waals surface area (Å²) in [5, 5.41) is 10.5. The number of benzene rings is 3. The number of carbonyl (C=O) groups is 1. The standard InChI is InChI=1S/C23H20N4O2/c1-29-21-13-11-20(12-14-21)27-16-15-22(26-27)23(28)25-19-9-7-18(8-10-19)24-17-5-3-2-4-6-17/h2-16,24H,1H3,(H,25,28). The third-order valence-electron chi connectivity index (χ3n) is 4.36. The first-order chi connectivity index (χ1) is 14.2. The SMILES string of the molecule is COc1ccc(-n2ccc(C(=O)Nc3ccc(Nc4ccccc4)cc3)n2)cc1. The molecule has 0 bridgehead atoms. The van der Waals surface area contributed by atoms with Crippen LogP contribution in [0.1, 0.15) is 10.5 Å². The van der Waals surface area contributed by atoms with Gasteiger partial charge in [-0.2, -0.15) is 5.10 Å². The van der Waals surface area contributed by atoms with Crippen LogP contribution >= 0.6 is 0 Å². The van der Waals surface area contributed by atoms with Crippen LogP contribution in [0.2, 0.25) is 0 Å². The molecule has 3 aromatic carbocycles. The molecule has 6 heteroatoms. The smallest absolute Gasteiger partial charge is 0.276 e. The summed E-state index contributed by atoms with van der Waals surface area (Å²) in [6.45, 7) is 0. The first-order valence-electron chi connectivity index (χ1n) is 9.15. The summed E-state index contributed by atoms with van der Waals surface area (Å²) in [4.78, 5) is 12.5. The Morgan fingerprint density at radius 3 is 2.17 bits per heavy atom. The van der Waals surface area contributed by atoms with Gasteiger partial charge in [-0.15, -0.1) is 0 Å². The second-order valence-corrected chi connectivity index (χ2v) is 6.37. The van der Waals surface area contributed by atoms with Crippen LogP contribution in [0, 0.1) is 0 Å². The van der Waals surface area contributed by atoms with Crippen molar-refractivity contribution in [1.82, 2.24) is 9.78 Å². The van der Waals surface area contributed by atoms with Crippen molar-refractivity contribution in [3.8, 4) is 11.4 Å². The van der Waals surface area contributed by atoms with Gasteiger partial charge in [0.2, 0.25) is 0 Å². The van der Waals surface area contributed by atoms with Crippen molar-refractivity contribution in [2.45, 2.75) is 0 Å². The first kappa shape index (κ1) is 18.3. The Balaban J connectivity index is 1.41. The number of para-hydroxylation sites is 1. The number of amides is 1. The molecule has 0 saturated heterocycles. The number of hydrogen-bond donors (Lipinski definition) is 2. The predicted octanol–water partition coefficient (Wildman–Crippen LogP) is 4.88. The maximum atomic E-state index is 12.5. The minimum absolute atomic E-state index is 0.263. The third-order valence-corrected chi connectivity index (χ3v) is 4.36. The summed E-state index contributed by atoms with van der Waals surface area (Å²) < 4.78 is 6.81. The Morgan fingerprint density at radius 2 is 1.48 bits per heavy atom. The van der Waals surface area contributed by atoms with E-state index in [4.69, 9.17) is 4.74 Å². The molecule has 0 unspecified atom stereocenters. The van der Waals surface area contributed by atoms with E-state index in [9.17, 15) is 4.79 Å². The van der Waals surface area contributed by atoms with Crippen LogP contribution in [0.25, 0.3) is 5.69 Å². The lowest BCUT2D eigenvalue weighted by atomic mass is 10.2. The number of rotatable bonds is 6. The van der Waals surface area contributed by atoms with Gasteiger partial charge in [0.1, 0.15) is 5.75 Å². The van der Waals surface area contributed by atoms with Crippen LogP contribution in [0.4, 0.5) is 17.1 Å². The average molecular weight is 384 g/mol. The molecule has 1 heterocycles. The van der Waals surface area contributed by atoms with E-state index < -0.39 is 0 Å². The fourth-order valence-corrected chi connectivity index (χ4v) is 2.84. The Bertz CT molecular complexity index is 1090. The maximum Gasteiger partial charge on any atom is 0.276 e. The quantitative estimate of drug-likeness (QED) is 0.497. The van der Waals surface area contributed by atoms with Gasteiger partial charge in [-0.1, -0.05) is 18.2 Å². The summed E-state index contributed by atoms with van der Waals surface area (Å²) in [5.41, 5.74) is 3.84. The normalized spacial score (nSPS) is 10.4. The summed E-state index contributed by atoms with van der Waals surface area (Å²) >= 11 is 0. The monoisotopic (exact) mass is 384 g/mol. The number of aromatic nitrogens is 2. The Morgan fingerprint density at radius 1 is 0.828 bits per heavy atom. The molecule has 1 aromatic heterocycles. The van der Waals surface area contributed by atoms with Crippen LogP contribution in [-0.2, 0) is 0 Å². The van der Waals surface area contributed by atoms with E-state index in [1.54, 1.807) is 24.1 Å². The van der Waals surface area contributed by atoms with Crippen molar-refractivity contribution >= 4 is 23.0 Å². The molecule has 2 N–H and O–H groups in total. The largest absolute Gasteiger partial charge is 0.497 e. The van der Waals surface area contributed by atoms with Crippen molar-refractivity contribution in [2.24, 2.45) is 0 Å². The van der Waals surface area contributed by atoms with Gasteiger partial charge in [0.25, 0.3) is 5.91 Å². The fraction of sp³-hybridized carbons (Fsp3) is 0.0435. The molecule has 0 atom stereocenters. The molecule has 0 aliphatic rings. The van der Waals surface area contributed by atoms with Gasteiger partial charge < -0.3 is 15.4 Å². The molecule has 4 rings (SSSR count). The molecule has 0 aliphatic heterocycles. The van der Waals surface area contributed by atoms with Crippen LogP contribution in [0.3, 0.4) is 0 Å². The Hall–Kier alpha value is -4.06. The number of ether oxygens (including phenoxy) is 1. The van der Waals surface area contributed by atoms with Gasteiger partial charge in [0, 0.05) is 23.3 Å². The van der Waals surface area contributed by atoms with Crippen LogP contribution in [-0.4, -0.2) is 22.8 Å². The number of nitrogens with zero attached hydrogens (tertiary/aromatic N) is 2. The second kappa shape index (κ2) is 8.31. The number of hydrogen-bond acceptors (Lipinski definition) is 4. The summed E-state index contributed by atoms with van der Waals surface area (Å²) in [6, 6.07) is 26.6. The van der Waals surface area contributed by atoms with Crippen LogP contribution in [0.5, 0.6) is 5.75 Å². The maximum absolute atomic E-state index is 12.5. The highest BCUT2D eigenvalue weighted by atomic mass is 16.5. The summed E-state index contributed by atoms with van der Waals surface area (Å²) in [7, 11) is 1.62. The van der Waals surface area contributed by atoms with Crippen molar-refractivity contribution in [3.63, 3.8) is 0 Å². The number of carbonyl (C=O) groups excluding carboxylic acids is 1. The molecular weight excluding hydrogens is 364 g/mol. The second-order valence-electron chi connectivity index (χ2n) is 6.37. The lowest BCUT2D eigenvalue weighted by molar-refractivity contribution is 0.102. The zero-order valence-electron chi connectivity index (χ0n) is 15.9.